The number of aromatic amines is 1. The van der Waals surface area contributed by atoms with Gasteiger partial charge in [0, 0.05) is 14.2 Å². The minimum atomic E-state index is -0.704. The molecule has 0 radical (unpaired) electrons. The van der Waals surface area contributed by atoms with Gasteiger partial charge in [-0.25, -0.2) is 4.98 Å². The molecule has 3 N–H and O–H groups in total. The molecule has 2 aromatic heterocycles. The minimum absolute atomic E-state index is 0.0293. The standard InChI is InChI=1S/C14H17N5O5/c1-4-23-10-9(22-3)7(5-21-2)24-13(10)19-6-16-8-11(19)17-14(15)18-12(8)20/h1,6-7,9-10,13H,5H2,2-3H3,(H3,15,17,18,20). The highest BCUT2D eigenvalue weighted by atomic mass is 16.6. The Hall–Kier alpha value is -2.61. The number of hydrogen-bond donors (Lipinski definition) is 2. The number of rotatable bonds is 5. The van der Waals surface area contributed by atoms with Crippen LogP contribution in [0.2, 0.25) is 0 Å². The van der Waals surface area contributed by atoms with Gasteiger partial charge >= 0.3 is 0 Å². The highest BCUT2D eigenvalue weighted by Crippen LogP contribution is 2.34. The van der Waals surface area contributed by atoms with E-state index < -0.39 is 30.1 Å². The summed E-state index contributed by atoms with van der Waals surface area (Å²) in [5, 5.41) is 0. The average Bonchev–Trinajstić information content (AvgIpc) is 3.09. The van der Waals surface area contributed by atoms with Gasteiger partial charge in [0.05, 0.1) is 12.9 Å². The van der Waals surface area contributed by atoms with Crippen LogP contribution < -0.4 is 11.3 Å². The summed E-state index contributed by atoms with van der Waals surface area (Å²) in [5.74, 6) is -0.0293. The fourth-order valence-corrected chi connectivity index (χ4v) is 2.85. The van der Waals surface area contributed by atoms with Gasteiger partial charge in [-0.15, -0.1) is 0 Å². The van der Waals surface area contributed by atoms with Crippen molar-refractivity contribution in [3.05, 3.63) is 16.7 Å². The number of nitrogens with one attached hydrogen (secondary N) is 1. The zero-order valence-corrected chi connectivity index (χ0v) is 13.1. The third-order valence-electron chi connectivity index (χ3n) is 3.82. The molecule has 4 atom stereocenters. The van der Waals surface area contributed by atoms with Gasteiger partial charge < -0.3 is 24.7 Å². The van der Waals surface area contributed by atoms with Crippen LogP contribution >= 0.6 is 0 Å². The number of fused-ring (bicyclic) bond motifs is 1. The first-order chi connectivity index (χ1) is 11.6. The van der Waals surface area contributed by atoms with E-state index in [4.69, 9.17) is 31.1 Å². The molecule has 24 heavy (non-hydrogen) atoms. The van der Waals surface area contributed by atoms with E-state index in [2.05, 4.69) is 21.1 Å². The summed E-state index contributed by atoms with van der Waals surface area (Å²) in [6, 6.07) is 0. The van der Waals surface area contributed by atoms with Crippen molar-refractivity contribution < 1.29 is 18.9 Å². The van der Waals surface area contributed by atoms with Crippen LogP contribution in [0.4, 0.5) is 5.95 Å². The molecule has 0 amide bonds. The predicted molar refractivity (Wildman–Crippen MR) is 82.9 cm³/mol. The molecule has 128 valence electrons. The molecule has 0 spiro atoms. The molecule has 1 saturated heterocycles. The maximum Gasteiger partial charge on any atom is 0.280 e. The Balaban J connectivity index is 2.07. The van der Waals surface area contributed by atoms with Crippen LogP contribution in [0.5, 0.6) is 0 Å². The van der Waals surface area contributed by atoms with Crippen molar-refractivity contribution in [1.82, 2.24) is 19.5 Å². The fraction of sp³-hybridized carbons (Fsp3) is 0.500. The number of anilines is 1. The maximum absolute atomic E-state index is 11.9. The molecule has 3 rings (SSSR count). The van der Waals surface area contributed by atoms with Gasteiger partial charge in [-0.3, -0.25) is 14.3 Å². The molecule has 0 saturated carbocycles. The van der Waals surface area contributed by atoms with E-state index in [9.17, 15) is 4.79 Å². The largest absolute Gasteiger partial charge is 0.436 e. The topological polar surface area (TPSA) is 127 Å². The molecule has 0 aromatic carbocycles. The molecule has 10 nitrogen and oxygen atoms in total. The van der Waals surface area contributed by atoms with E-state index in [-0.39, 0.29) is 23.7 Å². The van der Waals surface area contributed by atoms with Crippen molar-refractivity contribution in [1.29, 1.82) is 0 Å². The first-order valence-electron chi connectivity index (χ1n) is 7.11. The third kappa shape index (κ3) is 2.58. The quantitative estimate of drug-likeness (QED) is 0.683. The Kier molecular flexibility index (Phi) is 4.39. The van der Waals surface area contributed by atoms with E-state index in [1.165, 1.54) is 13.4 Å². The Morgan fingerprint density at radius 2 is 2.29 bits per heavy atom. The Labute approximate surface area is 136 Å². The zero-order valence-electron chi connectivity index (χ0n) is 13.1. The summed E-state index contributed by atoms with van der Waals surface area (Å²) >= 11 is 0. The summed E-state index contributed by atoms with van der Waals surface area (Å²) in [6.07, 6.45) is 6.64. The molecular formula is C14H17N5O5. The van der Waals surface area contributed by atoms with Gasteiger partial charge in [0.1, 0.15) is 18.3 Å². The molecule has 0 bridgehead atoms. The lowest BCUT2D eigenvalue weighted by Gasteiger charge is -2.21. The van der Waals surface area contributed by atoms with Crippen molar-refractivity contribution in [3.8, 4) is 12.5 Å². The highest BCUT2D eigenvalue weighted by molar-refractivity contribution is 5.70. The molecule has 1 aliphatic heterocycles. The Morgan fingerprint density at radius 3 is 2.96 bits per heavy atom. The Bertz CT molecular complexity index is 825. The van der Waals surface area contributed by atoms with Gasteiger partial charge in [-0.2, -0.15) is 4.98 Å². The number of nitrogen functional groups attached to an aromatic ring is 1. The lowest BCUT2D eigenvalue weighted by atomic mass is 10.1. The first-order valence-corrected chi connectivity index (χ1v) is 7.11. The van der Waals surface area contributed by atoms with E-state index in [0.717, 1.165) is 0 Å². The van der Waals surface area contributed by atoms with E-state index in [1.807, 2.05) is 0 Å². The molecular weight excluding hydrogens is 318 g/mol. The summed E-state index contributed by atoms with van der Waals surface area (Å²) < 4.78 is 23.5. The molecule has 10 heteroatoms. The summed E-state index contributed by atoms with van der Waals surface area (Å²) in [6.45, 7) is 0.280. The van der Waals surface area contributed by atoms with Gasteiger partial charge in [0.2, 0.25) is 5.95 Å². The van der Waals surface area contributed by atoms with E-state index >= 15 is 0 Å². The number of terminal acetylenes is 1. The van der Waals surface area contributed by atoms with Crippen LogP contribution in [0.1, 0.15) is 6.23 Å². The summed E-state index contributed by atoms with van der Waals surface area (Å²) in [5.41, 5.74) is 5.57. The van der Waals surface area contributed by atoms with Crippen LogP contribution in [0.25, 0.3) is 11.2 Å². The first kappa shape index (κ1) is 16.3. The molecule has 1 fully saturated rings. The molecule has 1 aliphatic rings. The van der Waals surface area contributed by atoms with Crippen LogP contribution in [0.15, 0.2) is 11.1 Å². The minimum Gasteiger partial charge on any atom is -0.436 e. The van der Waals surface area contributed by atoms with Crippen LogP contribution in [-0.4, -0.2) is 58.7 Å². The zero-order chi connectivity index (χ0) is 17.3. The number of methoxy groups -OCH3 is 2. The number of nitrogens with two attached hydrogens (primary N) is 1. The van der Waals surface area contributed by atoms with Crippen molar-refractivity contribution in [2.45, 2.75) is 24.5 Å². The van der Waals surface area contributed by atoms with Crippen LogP contribution in [0, 0.1) is 12.5 Å². The third-order valence-corrected chi connectivity index (χ3v) is 3.82. The number of aromatic nitrogens is 4. The predicted octanol–water partition coefficient (Wildman–Crippen LogP) is -0.763. The summed E-state index contributed by atoms with van der Waals surface area (Å²) in [4.78, 5) is 22.5. The van der Waals surface area contributed by atoms with Gasteiger partial charge in [0.15, 0.2) is 23.5 Å². The van der Waals surface area contributed by atoms with Crippen molar-refractivity contribution >= 4 is 17.1 Å². The number of imidazole rings is 1. The van der Waals surface area contributed by atoms with Gasteiger partial charge in [0.25, 0.3) is 5.56 Å². The molecule has 3 heterocycles. The maximum atomic E-state index is 11.9. The SMILES string of the molecule is C#COC1C(OC)C(COC)OC1n1cnc2c(=O)[nH]c(N)nc21. The van der Waals surface area contributed by atoms with Crippen molar-refractivity contribution in [2.24, 2.45) is 0 Å². The lowest BCUT2D eigenvalue weighted by Crippen LogP contribution is -2.36. The van der Waals surface area contributed by atoms with Crippen molar-refractivity contribution in [2.75, 3.05) is 26.6 Å². The summed E-state index contributed by atoms with van der Waals surface area (Å²) in [7, 11) is 3.08. The number of hydrogen-bond acceptors (Lipinski definition) is 8. The number of ether oxygens (including phenoxy) is 4. The van der Waals surface area contributed by atoms with Crippen LogP contribution in [-0.2, 0) is 18.9 Å². The second-order valence-electron chi connectivity index (χ2n) is 5.20. The lowest BCUT2D eigenvalue weighted by molar-refractivity contribution is -0.0612. The van der Waals surface area contributed by atoms with Gasteiger partial charge in [-0.1, -0.05) is 6.42 Å². The molecule has 4 unspecified atom stereocenters. The average molecular weight is 335 g/mol. The molecule has 2 aromatic rings. The monoisotopic (exact) mass is 335 g/mol. The number of H-pyrrole nitrogens is 1. The second-order valence-corrected chi connectivity index (χ2v) is 5.20. The van der Waals surface area contributed by atoms with Crippen LogP contribution in [0.3, 0.4) is 0 Å². The van der Waals surface area contributed by atoms with E-state index in [1.54, 1.807) is 11.7 Å². The highest BCUT2D eigenvalue weighted by Gasteiger charge is 2.48. The van der Waals surface area contributed by atoms with Gasteiger partial charge in [-0.05, 0) is 0 Å². The second kappa shape index (κ2) is 6.48. The molecule has 0 aliphatic carbocycles. The fourth-order valence-electron chi connectivity index (χ4n) is 2.85. The van der Waals surface area contributed by atoms with E-state index in [0.29, 0.717) is 0 Å². The normalized spacial score (nSPS) is 26.5. The smallest absolute Gasteiger partial charge is 0.280 e. The number of nitrogens with zero attached hydrogens (tertiary/aromatic N) is 3. The Morgan fingerprint density at radius 1 is 1.50 bits per heavy atom. The van der Waals surface area contributed by atoms with Crippen molar-refractivity contribution in [3.63, 3.8) is 0 Å².